The minimum absolute atomic E-state index is 0.0449. The Balaban J connectivity index is 2.09. The van der Waals surface area contributed by atoms with Crippen LogP contribution < -0.4 is 24.8 Å². The largest absolute Gasteiger partial charge is 0.493 e. The Morgan fingerprint density at radius 2 is 1.78 bits per heavy atom. The van der Waals surface area contributed by atoms with Gasteiger partial charge < -0.3 is 24.8 Å². The van der Waals surface area contributed by atoms with Gasteiger partial charge in [-0.15, -0.1) is 0 Å². The van der Waals surface area contributed by atoms with Gasteiger partial charge in [-0.25, -0.2) is 0 Å². The highest BCUT2D eigenvalue weighted by molar-refractivity contribution is 6.30. The van der Waals surface area contributed by atoms with E-state index in [0.717, 1.165) is 0 Å². The van der Waals surface area contributed by atoms with Crippen LogP contribution in [0.2, 0.25) is 5.02 Å². The van der Waals surface area contributed by atoms with E-state index in [2.05, 4.69) is 20.4 Å². The molecule has 9 heteroatoms. The SMILES string of the molecule is CN=C(NCc1cc(Cl)ccc1OC(F)F)Nc1ccc(OC)c(OC)c1. The molecule has 0 amide bonds. The van der Waals surface area contributed by atoms with Gasteiger partial charge in [-0.05, 0) is 30.3 Å². The van der Waals surface area contributed by atoms with Crippen LogP contribution in [-0.2, 0) is 6.54 Å². The number of halogens is 3. The van der Waals surface area contributed by atoms with E-state index in [-0.39, 0.29) is 12.3 Å². The Morgan fingerprint density at radius 3 is 2.41 bits per heavy atom. The lowest BCUT2D eigenvalue weighted by Crippen LogP contribution is -2.30. The Kier molecular flexibility index (Phi) is 7.48. The van der Waals surface area contributed by atoms with Crippen LogP contribution in [0, 0.1) is 0 Å². The first kappa shape index (κ1) is 20.6. The van der Waals surface area contributed by atoms with Gasteiger partial charge in [0.15, 0.2) is 17.5 Å². The van der Waals surface area contributed by atoms with E-state index in [0.29, 0.717) is 33.7 Å². The highest BCUT2D eigenvalue weighted by Gasteiger charge is 2.11. The predicted octanol–water partition coefficient (Wildman–Crippen LogP) is 4.15. The van der Waals surface area contributed by atoms with Crippen molar-refractivity contribution in [1.82, 2.24) is 5.32 Å². The zero-order valence-electron chi connectivity index (χ0n) is 15.1. The first-order valence-corrected chi connectivity index (χ1v) is 8.27. The van der Waals surface area contributed by atoms with Crippen LogP contribution >= 0.6 is 11.6 Å². The van der Waals surface area contributed by atoms with Gasteiger partial charge in [0, 0.05) is 35.9 Å². The number of ether oxygens (including phenoxy) is 3. The molecule has 0 saturated heterocycles. The first-order chi connectivity index (χ1) is 13.0. The van der Waals surface area contributed by atoms with E-state index < -0.39 is 6.61 Å². The van der Waals surface area contributed by atoms with Gasteiger partial charge in [0.05, 0.1) is 14.2 Å². The van der Waals surface area contributed by atoms with E-state index >= 15 is 0 Å². The molecule has 2 N–H and O–H groups in total. The molecule has 6 nitrogen and oxygen atoms in total. The van der Waals surface area contributed by atoms with Crippen molar-refractivity contribution in [3.63, 3.8) is 0 Å². The molecular weight excluding hydrogens is 380 g/mol. The molecule has 27 heavy (non-hydrogen) atoms. The molecule has 0 atom stereocenters. The summed E-state index contributed by atoms with van der Waals surface area (Å²) in [6.45, 7) is -2.75. The third-order valence-electron chi connectivity index (χ3n) is 3.55. The second-order valence-electron chi connectivity index (χ2n) is 5.25. The van der Waals surface area contributed by atoms with Crippen LogP contribution in [0.25, 0.3) is 0 Å². The fourth-order valence-corrected chi connectivity index (χ4v) is 2.50. The maximum atomic E-state index is 12.6. The second-order valence-corrected chi connectivity index (χ2v) is 5.69. The van der Waals surface area contributed by atoms with Gasteiger partial charge in [-0.2, -0.15) is 8.78 Å². The number of alkyl halides is 2. The van der Waals surface area contributed by atoms with Crippen LogP contribution in [0.5, 0.6) is 17.2 Å². The summed E-state index contributed by atoms with van der Waals surface area (Å²) >= 11 is 5.95. The normalized spacial score (nSPS) is 11.3. The molecule has 2 aromatic carbocycles. The summed E-state index contributed by atoms with van der Waals surface area (Å²) in [6.07, 6.45) is 0. The van der Waals surface area contributed by atoms with Crippen molar-refractivity contribution in [2.75, 3.05) is 26.6 Å². The van der Waals surface area contributed by atoms with Crippen LogP contribution in [0.4, 0.5) is 14.5 Å². The summed E-state index contributed by atoms with van der Waals surface area (Å²) in [5, 5.41) is 6.52. The third-order valence-corrected chi connectivity index (χ3v) is 3.79. The van der Waals surface area contributed by atoms with Crippen molar-refractivity contribution in [3.8, 4) is 17.2 Å². The number of nitrogens with one attached hydrogen (secondary N) is 2. The van der Waals surface area contributed by atoms with Crippen molar-refractivity contribution in [2.24, 2.45) is 4.99 Å². The molecule has 0 aliphatic heterocycles. The van der Waals surface area contributed by atoms with Crippen molar-refractivity contribution in [2.45, 2.75) is 13.2 Å². The van der Waals surface area contributed by atoms with Gasteiger partial charge in [-0.1, -0.05) is 11.6 Å². The lowest BCUT2D eigenvalue weighted by molar-refractivity contribution is -0.0504. The lowest BCUT2D eigenvalue weighted by Gasteiger charge is -2.16. The summed E-state index contributed by atoms with van der Waals surface area (Å²) < 4.78 is 40.1. The summed E-state index contributed by atoms with van der Waals surface area (Å²) in [5.41, 5.74) is 1.17. The number of hydrogen-bond donors (Lipinski definition) is 2. The van der Waals surface area contributed by atoms with Gasteiger partial charge in [0.25, 0.3) is 0 Å². The predicted molar refractivity (Wildman–Crippen MR) is 101 cm³/mol. The molecule has 0 aliphatic rings. The molecule has 2 aromatic rings. The summed E-state index contributed by atoms with van der Waals surface area (Å²) in [6, 6.07) is 9.72. The van der Waals surface area contributed by atoms with Gasteiger partial charge in [0.1, 0.15) is 5.75 Å². The first-order valence-electron chi connectivity index (χ1n) is 7.89. The highest BCUT2D eigenvalue weighted by atomic mass is 35.5. The Bertz CT molecular complexity index is 803. The number of hydrogen-bond acceptors (Lipinski definition) is 4. The molecule has 146 valence electrons. The lowest BCUT2D eigenvalue weighted by atomic mass is 10.2. The number of aliphatic imine (C=N–C) groups is 1. The summed E-state index contributed by atoms with van der Waals surface area (Å²) in [5.74, 6) is 1.62. The number of guanidine groups is 1. The zero-order valence-corrected chi connectivity index (χ0v) is 15.8. The quantitative estimate of drug-likeness (QED) is 0.541. The standard InChI is InChI=1S/C18H20ClF2N3O3/c1-22-18(24-13-5-7-15(25-2)16(9-13)26-3)23-10-11-8-12(19)4-6-14(11)27-17(20)21/h4-9,17H,10H2,1-3H3,(H2,22,23,24). The minimum Gasteiger partial charge on any atom is -0.493 e. The Labute approximate surface area is 161 Å². The second kappa shape index (κ2) is 9.82. The number of anilines is 1. The minimum atomic E-state index is -2.92. The van der Waals surface area contributed by atoms with Crippen LogP contribution in [-0.4, -0.2) is 33.8 Å². The topological polar surface area (TPSA) is 64.1 Å². The number of nitrogens with zero attached hydrogens (tertiary/aromatic N) is 1. The summed E-state index contributed by atoms with van der Waals surface area (Å²) in [4.78, 5) is 4.11. The maximum Gasteiger partial charge on any atom is 0.387 e. The molecule has 0 aliphatic carbocycles. The molecular formula is C18H20ClF2N3O3. The zero-order chi connectivity index (χ0) is 19.8. The molecule has 0 saturated carbocycles. The fraction of sp³-hybridized carbons (Fsp3) is 0.278. The van der Waals surface area contributed by atoms with E-state index in [4.69, 9.17) is 21.1 Å². The van der Waals surface area contributed by atoms with E-state index in [9.17, 15) is 8.78 Å². The average molecular weight is 400 g/mol. The van der Waals surface area contributed by atoms with Crippen molar-refractivity contribution in [3.05, 3.63) is 47.0 Å². The molecule has 0 radical (unpaired) electrons. The van der Waals surface area contributed by atoms with Gasteiger partial charge >= 0.3 is 6.61 Å². The average Bonchev–Trinajstić information content (AvgIpc) is 2.66. The Hall–Kier alpha value is -2.74. The van der Waals surface area contributed by atoms with Crippen molar-refractivity contribution in [1.29, 1.82) is 0 Å². The third kappa shape index (κ3) is 5.89. The van der Waals surface area contributed by atoms with Crippen LogP contribution in [0.15, 0.2) is 41.4 Å². The molecule has 0 heterocycles. The highest BCUT2D eigenvalue weighted by Crippen LogP contribution is 2.29. The van der Waals surface area contributed by atoms with Crippen molar-refractivity contribution < 1.29 is 23.0 Å². The van der Waals surface area contributed by atoms with E-state index in [1.54, 1.807) is 45.5 Å². The number of methoxy groups -OCH3 is 2. The van der Waals surface area contributed by atoms with Crippen molar-refractivity contribution >= 4 is 23.2 Å². The monoisotopic (exact) mass is 399 g/mol. The maximum absolute atomic E-state index is 12.6. The molecule has 2 rings (SSSR count). The Morgan fingerprint density at radius 1 is 1.07 bits per heavy atom. The molecule has 0 unspecified atom stereocenters. The number of benzene rings is 2. The molecule has 0 fully saturated rings. The molecule has 0 aromatic heterocycles. The van der Waals surface area contributed by atoms with Crippen LogP contribution in [0.3, 0.4) is 0 Å². The molecule has 0 bridgehead atoms. The van der Waals surface area contributed by atoms with E-state index in [1.807, 2.05) is 0 Å². The molecule has 0 spiro atoms. The van der Waals surface area contributed by atoms with Gasteiger partial charge in [0.2, 0.25) is 0 Å². The van der Waals surface area contributed by atoms with E-state index in [1.165, 1.54) is 12.1 Å². The van der Waals surface area contributed by atoms with Gasteiger partial charge in [-0.3, -0.25) is 4.99 Å². The van der Waals surface area contributed by atoms with Crippen LogP contribution in [0.1, 0.15) is 5.56 Å². The summed E-state index contributed by atoms with van der Waals surface area (Å²) in [7, 11) is 4.68. The number of rotatable bonds is 7. The smallest absolute Gasteiger partial charge is 0.387 e. The fourth-order valence-electron chi connectivity index (χ4n) is 2.31.